The van der Waals surface area contributed by atoms with Crippen molar-refractivity contribution in [3.63, 3.8) is 0 Å². The average molecular weight is 237 g/mol. The average Bonchev–Trinajstić information content (AvgIpc) is 2.22. The van der Waals surface area contributed by atoms with Gasteiger partial charge < -0.3 is 10.4 Å². The van der Waals surface area contributed by atoms with E-state index in [2.05, 4.69) is 19.2 Å². The zero-order chi connectivity index (χ0) is 12.1. The van der Waals surface area contributed by atoms with Crippen LogP contribution in [0.2, 0.25) is 0 Å². The van der Waals surface area contributed by atoms with E-state index < -0.39 is 0 Å². The van der Waals surface area contributed by atoms with Crippen LogP contribution in [0.5, 0.6) is 0 Å². The lowest BCUT2D eigenvalue weighted by atomic mass is 9.44. The van der Waals surface area contributed by atoms with Crippen molar-refractivity contribution >= 4 is 0 Å². The molecule has 0 saturated heterocycles. The van der Waals surface area contributed by atoms with Gasteiger partial charge in [-0.15, -0.1) is 0 Å². The molecule has 3 atom stereocenters. The summed E-state index contributed by atoms with van der Waals surface area (Å²) in [5.74, 6) is 2.01. The molecular weight excluding hydrogens is 210 g/mol. The fourth-order valence-electron chi connectivity index (χ4n) is 5.59. The van der Waals surface area contributed by atoms with Crippen molar-refractivity contribution in [3.05, 3.63) is 0 Å². The van der Waals surface area contributed by atoms with Crippen molar-refractivity contribution in [2.24, 2.45) is 22.7 Å². The summed E-state index contributed by atoms with van der Waals surface area (Å²) >= 11 is 0. The normalized spacial score (nSPS) is 49.6. The molecule has 0 heterocycles. The molecule has 0 spiro atoms. The van der Waals surface area contributed by atoms with Gasteiger partial charge in [0, 0.05) is 12.6 Å². The molecule has 0 aromatic heterocycles. The second-order valence-electron chi connectivity index (χ2n) is 7.74. The zero-order valence-corrected chi connectivity index (χ0v) is 11.3. The van der Waals surface area contributed by atoms with Crippen LogP contribution in [-0.4, -0.2) is 24.3 Å². The SMILES string of the molecule is CC(CO)NCC12CC3CC(CC(C)(C3)C1)C2. The van der Waals surface area contributed by atoms with E-state index in [9.17, 15) is 0 Å². The van der Waals surface area contributed by atoms with Gasteiger partial charge in [-0.2, -0.15) is 0 Å². The van der Waals surface area contributed by atoms with E-state index in [0.29, 0.717) is 10.8 Å². The minimum absolute atomic E-state index is 0.260. The Kier molecular flexibility index (Phi) is 2.79. The maximum absolute atomic E-state index is 9.14. The van der Waals surface area contributed by atoms with Crippen molar-refractivity contribution in [2.75, 3.05) is 13.2 Å². The molecule has 3 unspecified atom stereocenters. The number of nitrogens with one attached hydrogen (secondary N) is 1. The predicted octanol–water partition coefficient (Wildman–Crippen LogP) is 2.56. The molecule has 98 valence electrons. The molecule has 4 saturated carbocycles. The van der Waals surface area contributed by atoms with Crippen LogP contribution in [0.1, 0.15) is 52.4 Å². The highest BCUT2D eigenvalue weighted by atomic mass is 16.3. The van der Waals surface area contributed by atoms with Crippen LogP contribution in [0.3, 0.4) is 0 Å². The summed E-state index contributed by atoms with van der Waals surface area (Å²) in [6.07, 6.45) is 8.81. The van der Waals surface area contributed by atoms with Gasteiger partial charge in [-0.05, 0) is 68.1 Å². The highest BCUT2D eigenvalue weighted by molar-refractivity contribution is 5.06. The maximum atomic E-state index is 9.14. The summed E-state index contributed by atoms with van der Waals surface area (Å²) in [4.78, 5) is 0. The number of hydrogen-bond acceptors (Lipinski definition) is 2. The smallest absolute Gasteiger partial charge is 0.0581 e. The summed E-state index contributed by atoms with van der Waals surface area (Å²) in [6, 6.07) is 0.260. The second kappa shape index (κ2) is 3.96. The van der Waals surface area contributed by atoms with E-state index in [1.54, 1.807) is 0 Å². The van der Waals surface area contributed by atoms with Crippen LogP contribution in [0.25, 0.3) is 0 Å². The molecule has 0 radical (unpaired) electrons. The third kappa shape index (κ3) is 2.15. The lowest BCUT2D eigenvalue weighted by Crippen LogP contribution is -2.55. The number of hydrogen-bond donors (Lipinski definition) is 2. The fraction of sp³-hybridized carbons (Fsp3) is 1.00. The van der Waals surface area contributed by atoms with Crippen LogP contribution in [0.15, 0.2) is 0 Å². The highest BCUT2D eigenvalue weighted by Gasteiger charge is 2.55. The van der Waals surface area contributed by atoms with Crippen LogP contribution >= 0.6 is 0 Å². The first-order valence-electron chi connectivity index (χ1n) is 7.37. The van der Waals surface area contributed by atoms with E-state index in [-0.39, 0.29) is 12.6 Å². The Morgan fingerprint density at radius 2 is 1.88 bits per heavy atom. The molecule has 2 N–H and O–H groups in total. The molecule has 2 nitrogen and oxygen atoms in total. The van der Waals surface area contributed by atoms with Crippen molar-refractivity contribution < 1.29 is 5.11 Å². The summed E-state index contributed by atoms with van der Waals surface area (Å²) in [5, 5.41) is 12.7. The second-order valence-corrected chi connectivity index (χ2v) is 7.74. The molecule has 0 aliphatic heterocycles. The van der Waals surface area contributed by atoms with E-state index >= 15 is 0 Å². The maximum Gasteiger partial charge on any atom is 0.0581 e. The van der Waals surface area contributed by atoms with Crippen LogP contribution in [-0.2, 0) is 0 Å². The first-order valence-corrected chi connectivity index (χ1v) is 7.37. The van der Waals surface area contributed by atoms with E-state index in [4.69, 9.17) is 5.11 Å². The Labute approximate surface area is 105 Å². The van der Waals surface area contributed by atoms with Gasteiger partial charge in [0.25, 0.3) is 0 Å². The van der Waals surface area contributed by atoms with Crippen molar-refractivity contribution in [3.8, 4) is 0 Å². The van der Waals surface area contributed by atoms with Gasteiger partial charge in [0.15, 0.2) is 0 Å². The molecule has 17 heavy (non-hydrogen) atoms. The van der Waals surface area contributed by atoms with Gasteiger partial charge in [0.05, 0.1) is 6.61 Å². The van der Waals surface area contributed by atoms with Gasteiger partial charge in [-0.3, -0.25) is 0 Å². The highest BCUT2D eigenvalue weighted by Crippen LogP contribution is 2.64. The molecule has 0 aromatic rings. The van der Waals surface area contributed by atoms with Gasteiger partial charge in [-0.25, -0.2) is 0 Å². The molecule has 4 fully saturated rings. The topological polar surface area (TPSA) is 32.3 Å². The van der Waals surface area contributed by atoms with Gasteiger partial charge >= 0.3 is 0 Å². The molecule has 4 bridgehead atoms. The minimum Gasteiger partial charge on any atom is -0.395 e. The fourth-order valence-corrected chi connectivity index (χ4v) is 5.59. The summed E-state index contributed by atoms with van der Waals surface area (Å²) in [6.45, 7) is 6.01. The Morgan fingerprint density at radius 3 is 2.41 bits per heavy atom. The molecule has 4 aliphatic carbocycles. The Bertz CT molecular complexity index is 287. The van der Waals surface area contributed by atoms with Crippen LogP contribution in [0.4, 0.5) is 0 Å². The number of aliphatic hydroxyl groups is 1. The molecule has 4 aliphatic rings. The lowest BCUT2D eigenvalue weighted by molar-refractivity contribution is -0.101. The third-order valence-corrected chi connectivity index (χ3v) is 5.57. The van der Waals surface area contributed by atoms with Crippen LogP contribution in [0, 0.1) is 22.7 Å². The van der Waals surface area contributed by atoms with Crippen LogP contribution < -0.4 is 5.32 Å². The molecule has 2 heteroatoms. The number of aliphatic hydroxyl groups excluding tert-OH is 1. The van der Waals surface area contributed by atoms with Crippen molar-refractivity contribution in [1.82, 2.24) is 5.32 Å². The standard InChI is InChI=1S/C15H27NO/c1-11(8-17)16-10-15-6-12-3-13(7-15)5-14(2,4-12)9-15/h11-13,16-17H,3-10H2,1-2H3. The quantitative estimate of drug-likeness (QED) is 0.787. The molecule has 0 amide bonds. The lowest BCUT2D eigenvalue weighted by Gasteiger charge is -2.61. The zero-order valence-electron chi connectivity index (χ0n) is 11.3. The van der Waals surface area contributed by atoms with Gasteiger partial charge in [0.2, 0.25) is 0 Å². The molecular formula is C15H27NO. The van der Waals surface area contributed by atoms with Gasteiger partial charge in [0.1, 0.15) is 0 Å². The summed E-state index contributed by atoms with van der Waals surface area (Å²) in [7, 11) is 0. The largest absolute Gasteiger partial charge is 0.395 e. The van der Waals surface area contributed by atoms with Crippen molar-refractivity contribution in [2.45, 2.75) is 58.4 Å². The Balaban J connectivity index is 1.70. The van der Waals surface area contributed by atoms with Crippen molar-refractivity contribution in [1.29, 1.82) is 0 Å². The monoisotopic (exact) mass is 237 g/mol. The number of rotatable bonds is 4. The van der Waals surface area contributed by atoms with E-state index in [1.165, 1.54) is 38.5 Å². The Hall–Kier alpha value is -0.0800. The summed E-state index contributed by atoms with van der Waals surface area (Å²) < 4.78 is 0. The first-order chi connectivity index (χ1) is 8.03. The molecule has 4 rings (SSSR count). The third-order valence-electron chi connectivity index (χ3n) is 5.57. The predicted molar refractivity (Wildman–Crippen MR) is 69.8 cm³/mol. The van der Waals surface area contributed by atoms with Gasteiger partial charge in [-0.1, -0.05) is 6.92 Å². The minimum atomic E-state index is 0.260. The molecule has 0 aromatic carbocycles. The first kappa shape index (κ1) is 12.0. The summed E-state index contributed by atoms with van der Waals surface area (Å²) in [5.41, 5.74) is 1.22. The van der Waals surface area contributed by atoms with E-state index in [0.717, 1.165) is 18.4 Å². The Morgan fingerprint density at radius 1 is 1.24 bits per heavy atom. The van der Waals surface area contributed by atoms with E-state index in [1.807, 2.05) is 0 Å².